The highest BCUT2D eigenvalue weighted by atomic mass is 35.5. The van der Waals surface area contributed by atoms with E-state index >= 15 is 0 Å². The Morgan fingerprint density at radius 1 is 1.29 bits per heavy atom. The molecule has 0 aliphatic carbocycles. The summed E-state index contributed by atoms with van der Waals surface area (Å²) >= 11 is 6.06. The lowest BCUT2D eigenvalue weighted by atomic mass is 9.95. The van der Waals surface area contributed by atoms with E-state index in [9.17, 15) is 4.79 Å². The monoisotopic (exact) mass is 297 g/mol. The van der Waals surface area contributed by atoms with E-state index < -0.39 is 0 Å². The van der Waals surface area contributed by atoms with Crippen LogP contribution in [-0.2, 0) is 0 Å². The Hall–Kier alpha value is -2.31. The Kier molecular flexibility index (Phi) is 3.40. The molecule has 1 aliphatic heterocycles. The first-order valence-corrected chi connectivity index (χ1v) is 6.96. The highest BCUT2D eigenvalue weighted by molar-refractivity contribution is 6.31. The van der Waals surface area contributed by atoms with Crippen molar-refractivity contribution in [1.29, 1.82) is 5.26 Å². The van der Waals surface area contributed by atoms with Crippen LogP contribution < -0.4 is 4.74 Å². The average Bonchev–Trinajstić information content (AvgIpc) is 2.49. The molecule has 0 amide bonds. The summed E-state index contributed by atoms with van der Waals surface area (Å²) in [5, 5.41) is 9.39. The molecule has 2 aromatic rings. The molecule has 21 heavy (non-hydrogen) atoms. The molecule has 1 aliphatic rings. The number of benzene rings is 2. The fourth-order valence-electron chi connectivity index (χ4n) is 2.40. The van der Waals surface area contributed by atoms with Crippen LogP contribution in [0.15, 0.2) is 36.4 Å². The van der Waals surface area contributed by atoms with Gasteiger partial charge in [-0.05, 0) is 42.3 Å². The molecule has 0 bridgehead atoms. The molecule has 0 spiro atoms. The van der Waals surface area contributed by atoms with Crippen molar-refractivity contribution in [3.05, 3.63) is 63.7 Å². The topological polar surface area (TPSA) is 50.1 Å². The molecular weight excluding hydrogens is 286 g/mol. The van der Waals surface area contributed by atoms with Gasteiger partial charge in [0.15, 0.2) is 5.78 Å². The molecule has 0 fully saturated rings. The second kappa shape index (κ2) is 5.23. The van der Waals surface area contributed by atoms with Crippen LogP contribution in [0.2, 0.25) is 5.02 Å². The van der Waals surface area contributed by atoms with Gasteiger partial charge in [-0.1, -0.05) is 23.7 Å². The highest BCUT2D eigenvalue weighted by Crippen LogP contribution is 2.37. The summed E-state index contributed by atoms with van der Waals surface area (Å²) in [6.07, 6.45) is -0.0449. The molecule has 0 saturated heterocycles. The lowest BCUT2D eigenvalue weighted by molar-refractivity contribution is 0.0850. The fourth-order valence-corrected chi connectivity index (χ4v) is 2.57. The van der Waals surface area contributed by atoms with Crippen molar-refractivity contribution in [3.8, 4) is 11.8 Å². The fraction of sp³-hybridized carbons (Fsp3) is 0.176. The van der Waals surface area contributed by atoms with Crippen molar-refractivity contribution in [1.82, 2.24) is 0 Å². The molecule has 3 rings (SSSR count). The van der Waals surface area contributed by atoms with Crippen LogP contribution in [0, 0.1) is 18.3 Å². The van der Waals surface area contributed by atoms with Gasteiger partial charge in [-0.2, -0.15) is 5.26 Å². The van der Waals surface area contributed by atoms with Crippen LogP contribution >= 0.6 is 11.6 Å². The smallest absolute Gasteiger partial charge is 0.170 e. The number of carbonyl (C=O) groups is 1. The number of rotatable bonds is 1. The number of ketones is 1. The van der Waals surface area contributed by atoms with Crippen molar-refractivity contribution >= 4 is 17.4 Å². The van der Waals surface area contributed by atoms with E-state index in [2.05, 4.69) is 6.07 Å². The van der Waals surface area contributed by atoms with Crippen LogP contribution in [-0.4, -0.2) is 5.78 Å². The molecule has 4 heteroatoms. The third kappa shape index (κ3) is 2.51. The SMILES string of the molecule is Cc1cc2c(cc1Cl)C(=O)CC(c1ccc(C#N)cc1)O2. The molecule has 0 saturated carbocycles. The predicted molar refractivity (Wildman–Crippen MR) is 79.7 cm³/mol. The van der Waals surface area contributed by atoms with Crippen molar-refractivity contribution < 1.29 is 9.53 Å². The third-order valence-electron chi connectivity index (χ3n) is 3.61. The number of nitrogens with zero attached hydrogens (tertiary/aromatic N) is 1. The quantitative estimate of drug-likeness (QED) is 0.791. The molecule has 1 unspecified atom stereocenters. The number of ether oxygens (including phenoxy) is 1. The molecule has 3 nitrogen and oxygen atoms in total. The minimum atomic E-state index is -0.321. The van der Waals surface area contributed by atoms with Gasteiger partial charge in [0.1, 0.15) is 11.9 Å². The van der Waals surface area contributed by atoms with Gasteiger partial charge in [-0.3, -0.25) is 4.79 Å². The summed E-state index contributed by atoms with van der Waals surface area (Å²) in [5.74, 6) is 0.593. The van der Waals surface area contributed by atoms with E-state index in [1.54, 1.807) is 24.3 Å². The number of aryl methyl sites for hydroxylation is 1. The van der Waals surface area contributed by atoms with Crippen LogP contribution in [0.25, 0.3) is 0 Å². The summed E-state index contributed by atoms with van der Waals surface area (Å²) in [7, 11) is 0. The molecule has 0 radical (unpaired) electrons. The Morgan fingerprint density at radius 3 is 2.67 bits per heavy atom. The first-order chi connectivity index (χ1) is 10.1. The minimum absolute atomic E-state index is 0.0208. The van der Waals surface area contributed by atoms with Gasteiger partial charge >= 0.3 is 0 Å². The zero-order valence-corrected chi connectivity index (χ0v) is 12.1. The Labute approximate surface area is 127 Å². The van der Waals surface area contributed by atoms with E-state index in [4.69, 9.17) is 21.6 Å². The lowest BCUT2D eigenvalue weighted by Gasteiger charge is -2.26. The zero-order chi connectivity index (χ0) is 15.0. The van der Waals surface area contributed by atoms with Crippen molar-refractivity contribution in [2.24, 2.45) is 0 Å². The highest BCUT2D eigenvalue weighted by Gasteiger charge is 2.28. The summed E-state index contributed by atoms with van der Waals surface area (Å²) in [5.41, 5.74) is 2.89. The molecule has 1 heterocycles. The van der Waals surface area contributed by atoms with Gasteiger partial charge < -0.3 is 4.74 Å². The number of hydrogen-bond donors (Lipinski definition) is 0. The van der Waals surface area contributed by atoms with E-state index in [1.807, 2.05) is 19.1 Å². The van der Waals surface area contributed by atoms with E-state index in [0.29, 0.717) is 21.9 Å². The third-order valence-corrected chi connectivity index (χ3v) is 4.02. The predicted octanol–water partition coefficient (Wildman–Crippen LogP) is 4.23. The maximum atomic E-state index is 12.3. The zero-order valence-electron chi connectivity index (χ0n) is 11.4. The van der Waals surface area contributed by atoms with Crippen LogP contribution in [0.4, 0.5) is 0 Å². The first kappa shape index (κ1) is 13.7. The molecule has 1 atom stereocenters. The Balaban J connectivity index is 1.96. The molecule has 104 valence electrons. The molecule has 0 N–H and O–H groups in total. The van der Waals surface area contributed by atoms with Crippen LogP contribution in [0.5, 0.6) is 5.75 Å². The molecular formula is C17H12ClNO2. The maximum Gasteiger partial charge on any atom is 0.170 e. The number of carbonyl (C=O) groups excluding carboxylic acids is 1. The number of Topliss-reactive ketones (excluding diaryl/α,β-unsaturated/α-hetero) is 1. The van der Waals surface area contributed by atoms with E-state index in [0.717, 1.165) is 11.1 Å². The second-order valence-corrected chi connectivity index (χ2v) is 5.47. The van der Waals surface area contributed by atoms with Crippen LogP contribution in [0.1, 0.15) is 39.6 Å². The number of nitriles is 1. The van der Waals surface area contributed by atoms with E-state index in [-0.39, 0.29) is 18.3 Å². The van der Waals surface area contributed by atoms with Crippen molar-refractivity contribution in [2.45, 2.75) is 19.4 Å². The number of halogens is 1. The summed E-state index contributed by atoms with van der Waals surface area (Å²) < 4.78 is 5.94. The van der Waals surface area contributed by atoms with Crippen LogP contribution in [0.3, 0.4) is 0 Å². The average molecular weight is 298 g/mol. The van der Waals surface area contributed by atoms with Crippen molar-refractivity contribution in [3.63, 3.8) is 0 Å². The summed E-state index contributed by atoms with van der Waals surface area (Å²) in [6.45, 7) is 1.88. The minimum Gasteiger partial charge on any atom is -0.484 e. The molecule has 0 aromatic heterocycles. The second-order valence-electron chi connectivity index (χ2n) is 5.07. The van der Waals surface area contributed by atoms with Gasteiger partial charge in [0, 0.05) is 5.02 Å². The lowest BCUT2D eigenvalue weighted by Crippen LogP contribution is -2.20. The van der Waals surface area contributed by atoms with Gasteiger partial charge in [0.2, 0.25) is 0 Å². The van der Waals surface area contributed by atoms with Gasteiger partial charge in [-0.15, -0.1) is 0 Å². The number of hydrogen-bond acceptors (Lipinski definition) is 3. The van der Waals surface area contributed by atoms with Gasteiger partial charge in [0.25, 0.3) is 0 Å². The van der Waals surface area contributed by atoms with Gasteiger partial charge in [0.05, 0.1) is 23.6 Å². The largest absolute Gasteiger partial charge is 0.484 e. The van der Waals surface area contributed by atoms with Gasteiger partial charge in [-0.25, -0.2) is 0 Å². The molecule has 2 aromatic carbocycles. The Bertz CT molecular complexity index is 760. The first-order valence-electron chi connectivity index (χ1n) is 6.58. The van der Waals surface area contributed by atoms with Crippen molar-refractivity contribution in [2.75, 3.05) is 0 Å². The maximum absolute atomic E-state index is 12.3. The Morgan fingerprint density at radius 2 is 2.00 bits per heavy atom. The van der Waals surface area contributed by atoms with E-state index in [1.165, 1.54) is 0 Å². The summed E-state index contributed by atoms with van der Waals surface area (Å²) in [4.78, 5) is 12.3. The normalized spacial score (nSPS) is 16.8. The number of fused-ring (bicyclic) bond motifs is 1. The standard InChI is InChI=1S/C17H12ClNO2/c1-10-6-17-13(7-14(10)18)15(20)8-16(21-17)12-4-2-11(9-19)3-5-12/h2-7,16H,8H2,1H3. The summed E-state index contributed by atoms with van der Waals surface area (Å²) in [6, 6.07) is 12.6.